The normalized spacial score (nSPS) is 11.6. The molecule has 0 bridgehead atoms. The maximum Gasteiger partial charge on any atom is 0.297 e. The van der Waals surface area contributed by atoms with Crippen LogP contribution in [0.3, 0.4) is 0 Å². The first kappa shape index (κ1) is 28.1. The Balaban J connectivity index is 1.17. The van der Waals surface area contributed by atoms with Crippen molar-refractivity contribution in [1.29, 1.82) is 0 Å². The van der Waals surface area contributed by atoms with Gasteiger partial charge >= 0.3 is 0 Å². The Kier molecular flexibility index (Phi) is 9.20. The molecule has 39 heavy (non-hydrogen) atoms. The molecule has 0 spiro atoms. The van der Waals surface area contributed by atoms with E-state index in [0.717, 1.165) is 5.56 Å². The third kappa shape index (κ3) is 7.36. The van der Waals surface area contributed by atoms with Gasteiger partial charge in [0.25, 0.3) is 10.1 Å². The Morgan fingerprint density at radius 1 is 0.821 bits per heavy atom. The molecule has 206 valence electrons. The van der Waals surface area contributed by atoms with Gasteiger partial charge in [-0.1, -0.05) is 29.8 Å². The molecule has 0 amide bonds. The van der Waals surface area contributed by atoms with Crippen LogP contribution in [-0.2, 0) is 23.8 Å². The number of aryl methyl sites for hydroxylation is 1. The highest BCUT2D eigenvalue weighted by atomic mass is 32.2. The number of benzene rings is 3. The van der Waals surface area contributed by atoms with E-state index in [9.17, 15) is 23.4 Å². The lowest BCUT2D eigenvalue weighted by Gasteiger charge is -2.10. The maximum absolute atomic E-state index is 12.9. The molecule has 0 aliphatic heterocycles. The number of hydrogen-bond acceptors (Lipinski definition) is 10. The van der Waals surface area contributed by atoms with Crippen molar-refractivity contribution >= 4 is 21.1 Å². The van der Waals surface area contributed by atoms with Crippen LogP contribution in [0.25, 0.3) is 22.1 Å². The van der Waals surface area contributed by atoms with Gasteiger partial charge < -0.3 is 28.8 Å². The van der Waals surface area contributed by atoms with Crippen molar-refractivity contribution < 1.29 is 41.4 Å². The fraction of sp³-hybridized carbons (Fsp3) is 0.250. The molecule has 11 heteroatoms. The first-order valence-corrected chi connectivity index (χ1v) is 13.5. The van der Waals surface area contributed by atoms with Crippen LogP contribution in [0.4, 0.5) is 0 Å². The average molecular weight is 557 g/mol. The number of aromatic hydroxyl groups is 2. The zero-order chi connectivity index (χ0) is 27.8. The highest BCUT2D eigenvalue weighted by molar-refractivity contribution is 7.86. The molecule has 4 aromatic rings. The average Bonchev–Trinajstić information content (AvgIpc) is 2.90. The Morgan fingerprint density at radius 3 is 2.15 bits per heavy atom. The summed E-state index contributed by atoms with van der Waals surface area (Å²) < 4.78 is 51.1. The molecule has 2 N–H and O–H groups in total. The summed E-state index contributed by atoms with van der Waals surface area (Å²) in [6.45, 7) is 2.72. The number of phenolic OH excluding ortho intramolecular Hbond substituents is 2. The summed E-state index contributed by atoms with van der Waals surface area (Å²) in [5.41, 5.74) is 1.50. The molecule has 0 aliphatic rings. The second-order valence-corrected chi connectivity index (χ2v) is 10.1. The van der Waals surface area contributed by atoms with Gasteiger partial charge in [-0.3, -0.25) is 8.98 Å². The second kappa shape index (κ2) is 12.8. The number of rotatable bonds is 13. The van der Waals surface area contributed by atoms with Crippen molar-refractivity contribution in [3.05, 3.63) is 82.7 Å². The van der Waals surface area contributed by atoms with Gasteiger partial charge in [-0.2, -0.15) is 8.42 Å². The Bertz CT molecular complexity index is 1560. The maximum atomic E-state index is 12.9. The molecular formula is C28H28O10S. The van der Waals surface area contributed by atoms with Crippen LogP contribution in [0.15, 0.2) is 81.0 Å². The minimum Gasteiger partial charge on any atom is -0.508 e. The van der Waals surface area contributed by atoms with Crippen LogP contribution in [-0.4, -0.2) is 58.3 Å². The lowest BCUT2D eigenvalue weighted by atomic mass is 10.0. The van der Waals surface area contributed by atoms with Gasteiger partial charge in [0, 0.05) is 12.1 Å². The van der Waals surface area contributed by atoms with E-state index in [1.807, 2.05) is 6.92 Å². The molecule has 3 aromatic carbocycles. The first-order valence-electron chi connectivity index (χ1n) is 12.1. The van der Waals surface area contributed by atoms with Gasteiger partial charge in [0.1, 0.15) is 41.1 Å². The summed E-state index contributed by atoms with van der Waals surface area (Å²) in [6, 6.07) is 15.3. The summed E-state index contributed by atoms with van der Waals surface area (Å²) in [6.07, 6.45) is 1.30. The number of ether oxygens (including phenoxy) is 3. The van der Waals surface area contributed by atoms with Crippen molar-refractivity contribution in [3.63, 3.8) is 0 Å². The molecule has 1 aromatic heterocycles. The Labute approximate surface area is 225 Å². The molecule has 0 saturated carbocycles. The zero-order valence-corrected chi connectivity index (χ0v) is 22.0. The molecular weight excluding hydrogens is 528 g/mol. The highest BCUT2D eigenvalue weighted by Crippen LogP contribution is 2.30. The minimum atomic E-state index is -3.82. The summed E-state index contributed by atoms with van der Waals surface area (Å²) in [4.78, 5) is 13.0. The molecule has 0 fully saturated rings. The lowest BCUT2D eigenvalue weighted by molar-refractivity contribution is 0.0279. The smallest absolute Gasteiger partial charge is 0.297 e. The fourth-order valence-corrected chi connectivity index (χ4v) is 4.54. The fourth-order valence-electron chi connectivity index (χ4n) is 3.65. The van der Waals surface area contributed by atoms with E-state index in [1.54, 1.807) is 24.3 Å². The van der Waals surface area contributed by atoms with Gasteiger partial charge in [0.05, 0.1) is 43.5 Å². The summed E-state index contributed by atoms with van der Waals surface area (Å²) in [5, 5.41) is 19.9. The molecule has 10 nitrogen and oxygen atoms in total. The monoisotopic (exact) mass is 556 g/mol. The Hall–Kier alpha value is -3.90. The lowest BCUT2D eigenvalue weighted by Crippen LogP contribution is -2.15. The standard InChI is InChI=1S/C28H28O10S/c1-19-2-8-23(9-3-19)39(32,33)38-15-13-35-11-10-34-12-14-36-22-16-25(30)27-26(17-22)37-18-24(28(27)31)20-4-6-21(29)7-5-20/h2-9,16-18,29-30H,10-15H2,1H3. The summed E-state index contributed by atoms with van der Waals surface area (Å²) in [7, 11) is -3.82. The van der Waals surface area contributed by atoms with E-state index >= 15 is 0 Å². The van der Waals surface area contributed by atoms with E-state index in [4.69, 9.17) is 22.8 Å². The zero-order valence-electron chi connectivity index (χ0n) is 21.2. The van der Waals surface area contributed by atoms with Crippen molar-refractivity contribution in [2.75, 3.05) is 39.6 Å². The predicted molar refractivity (Wildman–Crippen MR) is 143 cm³/mol. The van der Waals surface area contributed by atoms with Gasteiger partial charge in [-0.25, -0.2) is 0 Å². The largest absolute Gasteiger partial charge is 0.508 e. The molecule has 0 unspecified atom stereocenters. The van der Waals surface area contributed by atoms with Gasteiger partial charge in [0.15, 0.2) is 0 Å². The van der Waals surface area contributed by atoms with Crippen molar-refractivity contribution in [1.82, 2.24) is 0 Å². The number of phenols is 2. The van der Waals surface area contributed by atoms with Crippen molar-refractivity contribution in [3.8, 4) is 28.4 Å². The first-order chi connectivity index (χ1) is 18.7. The van der Waals surface area contributed by atoms with E-state index < -0.39 is 15.5 Å². The van der Waals surface area contributed by atoms with Crippen molar-refractivity contribution in [2.45, 2.75) is 11.8 Å². The topological polar surface area (TPSA) is 142 Å². The molecule has 0 aliphatic carbocycles. The predicted octanol–water partition coefficient (Wildman–Crippen LogP) is 4.00. The van der Waals surface area contributed by atoms with Crippen molar-refractivity contribution in [2.24, 2.45) is 0 Å². The van der Waals surface area contributed by atoms with Crippen LogP contribution < -0.4 is 10.2 Å². The van der Waals surface area contributed by atoms with Crippen LogP contribution in [0.1, 0.15) is 5.56 Å². The van der Waals surface area contributed by atoms with Crippen LogP contribution >= 0.6 is 0 Å². The molecule has 4 rings (SSSR count). The SMILES string of the molecule is Cc1ccc(S(=O)(=O)OCCOCCOCCOc2cc(O)c3c(=O)c(-c4ccc(O)cc4)coc3c2)cc1. The molecule has 0 radical (unpaired) electrons. The number of fused-ring (bicyclic) bond motifs is 1. The van der Waals surface area contributed by atoms with Crippen LogP contribution in [0.5, 0.6) is 17.2 Å². The van der Waals surface area contributed by atoms with E-state index in [0.29, 0.717) is 11.3 Å². The minimum absolute atomic E-state index is 0.0250. The van der Waals surface area contributed by atoms with E-state index in [2.05, 4.69) is 0 Å². The third-order valence-corrected chi connectivity index (χ3v) is 6.98. The van der Waals surface area contributed by atoms with Crippen LogP contribution in [0, 0.1) is 6.92 Å². The second-order valence-electron chi connectivity index (χ2n) is 8.50. The summed E-state index contributed by atoms with van der Waals surface area (Å²) >= 11 is 0. The number of hydrogen-bond donors (Lipinski definition) is 2. The quantitative estimate of drug-likeness (QED) is 0.183. The van der Waals surface area contributed by atoms with Gasteiger partial charge in [0.2, 0.25) is 5.43 Å². The van der Waals surface area contributed by atoms with Gasteiger partial charge in [-0.15, -0.1) is 0 Å². The molecule has 0 atom stereocenters. The van der Waals surface area contributed by atoms with Crippen LogP contribution in [0.2, 0.25) is 0 Å². The molecule has 1 heterocycles. The Morgan fingerprint density at radius 2 is 1.46 bits per heavy atom. The highest BCUT2D eigenvalue weighted by Gasteiger charge is 2.15. The van der Waals surface area contributed by atoms with E-state index in [-0.39, 0.29) is 72.6 Å². The molecule has 0 saturated heterocycles. The third-order valence-electron chi connectivity index (χ3n) is 5.65. The van der Waals surface area contributed by atoms with E-state index in [1.165, 1.54) is 42.7 Å². The summed E-state index contributed by atoms with van der Waals surface area (Å²) in [5.74, 6) is 0.0898. The van der Waals surface area contributed by atoms with Gasteiger partial charge in [-0.05, 0) is 36.8 Å².